The third-order valence-electron chi connectivity index (χ3n) is 1.71. The van der Waals surface area contributed by atoms with Crippen molar-refractivity contribution in [3.05, 3.63) is 18.3 Å². The molecule has 0 saturated heterocycles. The Morgan fingerprint density at radius 1 is 1.67 bits per heavy atom. The predicted octanol–water partition coefficient (Wildman–Crippen LogP) is 0.887. The number of hydrogen-bond acceptors (Lipinski definition) is 5. The van der Waals surface area contributed by atoms with Crippen LogP contribution in [0.15, 0.2) is 16.9 Å². The van der Waals surface area contributed by atoms with E-state index in [0.717, 1.165) is 11.3 Å². The smallest absolute Gasteiger partial charge is 0.252 e. The number of aromatic nitrogens is 1. The first-order valence-corrected chi connectivity index (χ1v) is 6.54. The summed E-state index contributed by atoms with van der Waals surface area (Å²) in [6.07, 6.45) is 1.51. The minimum absolute atomic E-state index is 0.161. The van der Waals surface area contributed by atoms with Crippen LogP contribution in [0, 0.1) is 6.92 Å². The maximum Gasteiger partial charge on any atom is 0.252 e. The summed E-state index contributed by atoms with van der Waals surface area (Å²) in [6.45, 7) is 6.81. The van der Waals surface area contributed by atoms with E-state index in [-0.39, 0.29) is 15.4 Å². The number of sulfonamides is 1. The molecule has 1 aromatic heterocycles. The molecule has 0 aliphatic carbocycles. The summed E-state index contributed by atoms with van der Waals surface area (Å²) in [5, 5.41) is 0.249. The Morgan fingerprint density at radius 2 is 2.27 bits per heavy atom. The highest BCUT2D eigenvalue weighted by atomic mass is 32.2. The Balaban J connectivity index is 3.06. The van der Waals surface area contributed by atoms with E-state index in [0.29, 0.717) is 5.69 Å². The molecule has 15 heavy (non-hydrogen) atoms. The van der Waals surface area contributed by atoms with Crippen molar-refractivity contribution < 1.29 is 8.42 Å². The van der Waals surface area contributed by atoms with Crippen molar-refractivity contribution in [1.29, 1.82) is 0 Å². The molecule has 84 valence electrons. The minimum Gasteiger partial charge on any atom is -0.375 e. The zero-order valence-electron chi connectivity index (χ0n) is 8.52. The second-order valence-electron chi connectivity index (χ2n) is 3.07. The lowest BCUT2D eigenvalue weighted by Gasteiger charge is -2.08. The molecule has 5 nitrogen and oxygen atoms in total. The van der Waals surface area contributed by atoms with Crippen molar-refractivity contribution >= 4 is 26.5 Å². The zero-order valence-corrected chi connectivity index (χ0v) is 10.2. The summed E-state index contributed by atoms with van der Waals surface area (Å²) >= 11 is 0.956. The van der Waals surface area contributed by atoms with Crippen LogP contribution < -0.4 is 10.5 Å². The molecule has 0 radical (unpaired) electrons. The number of nitrogens with one attached hydrogen (secondary N) is 1. The van der Waals surface area contributed by atoms with E-state index < -0.39 is 10.0 Å². The summed E-state index contributed by atoms with van der Waals surface area (Å²) in [5.74, 6) is 0. The van der Waals surface area contributed by atoms with Crippen LogP contribution in [-0.2, 0) is 10.0 Å². The van der Waals surface area contributed by atoms with Crippen LogP contribution in [0.5, 0.6) is 0 Å². The third-order valence-corrected chi connectivity index (χ3v) is 4.86. The third kappa shape index (κ3) is 2.77. The largest absolute Gasteiger partial charge is 0.375 e. The maximum absolute atomic E-state index is 11.8. The highest BCUT2D eigenvalue weighted by molar-refractivity contribution is 7.91. The Labute approximate surface area is 93.1 Å². The molecule has 7 heteroatoms. The number of thiazole rings is 1. The van der Waals surface area contributed by atoms with Gasteiger partial charge >= 0.3 is 0 Å². The first-order valence-electron chi connectivity index (χ1n) is 4.24. The molecule has 1 rings (SSSR count). The van der Waals surface area contributed by atoms with Crippen LogP contribution in [0.2, 0.25) is 0 Å². The topological polar surface area (TPSA) is 85.1 Å². The molecule has 1 atom stereocenters. The van der Waals surface area contributed by atoms with Gasteiger partial charge in [-0.2, -0.15) is 0 Å². The first kappa shape index (κ1) is 12.2. The van der Waals surface area contributed by atoms with Crippen molar-refractivity contribution in [2.24, 2.45) is 0 Å². The van der Waals surface area contributed by atoms with Gasteiger partial charge in [-0.3, -0.25) is 0 Å². The van der Waals surface area contributed by atoms with E-state index in [1.54, 1.807) is 13.8 Å². The number of rotatable bonds is 4. The molecular formula is C8H13N3O2S2. The van der Waals surface area contributed by atoms with E-state index in [1.165, 1.54) is 6.08 Å². The SMILES string of the molecule is C=CC(C)NS(=O)(=O)c1sc(N)nc1C. The lowest BCUT2D eigenvalue weighted by atomic mass is 10.4. The monoisotopic (exact) mass is 247 g/mol. The molecule has 0 aliphatic rings. The standard InChI is InChI=1S/C8H13N3O2S2/c1-4-5(2)11-15(12,13)7-6(3)10-8(9)14-7/h4-5,11H,1H2,2-3H3,(H2,9,10). The molecule has 1 unspecified atom stereocenters. The van der Waals surface area contributed by atoms with Gasteiger partial charge < -0.3 is 5.73 Å². The molecule has 0 aromatic carbocycles. The summed E-state index contributed by atoms with van der Waals surface area (Å²) in [7, 11) is -3.53. The average molecular weight is 247 g/mol. The normalized spacial score (nSPS) is 13.7. The average Bonchev–Trinajstić information content (AvgIpc) is 2.45. The number of nitrogens with two attached hydrogens (primary N) is 1. The van der Waals surface area contributed by atoms with Gasteiger partial charge in [0.05, 0.1) is 5.69 Å². The van der Waals surface area contributed by atoms with Gasteiger partial charge in [0.2, 0.25) is 0 Å². The van der Waals surface area contributed by atoms with Crippen molar-refractivity contribution in [3.63, 3.8) is 0 Å². The van der Waals surface area contributed by atoms with Crippen molar-refractivity contribution in [3.8, 4) is 0 Å². The van der Waals surface area contributed by atoms with Gasteiger partial charge in [0.25, 0.3) is 10.0 Å². The van der Waals surface area contributed by atoms with Gasteiger partial charge in [-0.1, -0.05) is 17.4 Å². The summed E-state index contributed by atoms with van der Waals surface area (Å²) in [4.78, 5) is 3.86. The Hall–Kier alpha value is -0.920. The summed E-state index contributed by atoms with van der Waals surface area (Å²) in [5.41, 5.74) is 5.85. The lowest BCUT2D eigenvalue weighted by molar-refractivity contribution is 0.577. The molecule has 1 heterocycles. The van der Waals surface area contributed by atoms with E-state index in [4.69, 9.17) is 5.73 Å². The number of aryl methyl sites for hydroxylation is 1. The fourth-order valence-electron chi connectivity index (χ4n) is 0.998. The molecule has 0 spiro atoms. The van der Waals surface area contributed by atoms with Crippen LogP contribution in [0.25, 0.3) is 0 Å². The molecule has 1 aromatic rings. The zero-order chi connectivity index (χ0) is 11.6. The van der Waals surface area contributed by atoms with Gasteiger partial charge in [0.1, 0.15) is 0 Å². The molecular weight excluding hydrogens is 234 g/mol. The highest BCUT2D eigenvalue weighted by Gasteiger charge is 2.22. The highest BCUT2D eigenvalue weighted by Crippen LogP contribution is 2.24. The van der Waals surface area contributed by atoms with E-state index >= 15 is 0 Å². The fraction of sp³-hybridized carbons (Fsp3) is 0.375. The van der Waals surface area contributed by atoms with Crippen LogP contribution in [0.3, 0.4) is 0 Å². The number of anilines is 1. The van der Waals surface area contributed by atoms with E-state index in [2.05, 4.69) is 16.3 Å². The van der Waals surface area contributed by atoms with Crippen LogP contribution >= 0.6 is 11.3 Å². The van der Waals surface area contributed by atoms with E-state index in [1.807, 2.05) is 0 Å². The lowest BCUT2D eigenvalue weighted by Crippen LogP contribution is -2.30. The van der Waals surface area contributed by atoms with Gasteiger partial charge in [0.15, 0.2) is 9.34 Å². The van der Waals surface area contributed by atoms with E-state index in [9.17, 15) is 8.42 Å². The molecule has 0 fully saturated rings. The van der Waals surface area contributed by atoms with Gasteiger partial charge in [0, 0.05) is 6.04 Å². The van der Waals surface area contributed by atoms with Crippen molar-refractivity contribution in [1.82, 2.24) is 9.71 Å². The number of nitrogens with zero attached hydrogens (tertiary/aromatic N) is 1. The molecule has 0 bridgehead atoms. The Morgan fingerprint density at radius 3 is 2.67 bits per heavy atom. The molecule has 0 saturated carbocycles. The van der Waals surface area contributed by atoms with Gasteiger partial charge in [-0.25, -0.2) is 18.1 Å². The Kier molecular flexibility index (Phi) is 3.48. The summed E-state index contributed by atoms with van der Waals surface area (Å²) < 4.78 is 26.2. The molecule has 3 N–H and O–H groups in total. The second kappa shape index (κ2) is 4.30. The first-order chi connectivity index (χ1) is 6.86. The fourth-order valence-corrected chi connectivity index (χ4v) is 3.53. The van der Waals surface area contributed by atoms with Crippen molar-refractivity contribution in [2.45, 2.75) is 24.1 Å². The Bertz CT molecular complexity index is 464. The quantitative estimate of drug-likeness (QED) is 0.774. The number of hydrogen-bond donors (Lipinski definition) is 2. The van der Waals surface area contributed by atoms with Gasteiger partial charge in [-0.05, 0) is 13.8 Å². The minimum atomic E-state index is -3.53. The van der Waals surface area contributed by atoms with Crippen LogP contribution in [0.1, 0.15) is 12.6 Å². The second-order valence-corrected chi connectivity index (χ2v) is 6.01. The van der Waals surface area contributed by atoms with Crippen LogP contribution in [0.4, 0.5) is 5.13 Å². The van der Waals surface area contributed by atoms with Gasteiger partial charge in [-0.15, -0.1) is 6.58 Å². The number of nitrogen functional groups attached to an aromatic ring is 1. The van der Waals surface area contributed by atoms with Crippen LogP contribution in [-0.4, -0.2) is 19.4 Å². The predicted molar refractivity (Wildman–Crippen MR) is 61.2 cm³/mol. The van der Waals surface area contributed by atoms with Crippen molar-refractivity contribution in [2.75, 3.05) is 5.73 Å². The molecule has 0 aliphatic heterocycles. The summed E-state index contributed by atoms with van der Waals surface area (Å²) in [6, 6.07) is -0.322. The maximum atomic E-state index is 11.8. The molecule has 0 amide bonds.